The van der Waals surface area contributed by atoms with Crippen molar-refractivity contribution in [3.05, 3.63) is 33.3 Å². The van der Waals surface area contributed by atoms with E-state index in [4.69, 9.17) is 16.3 Å². The second-order valence-corrected chi connectivity index (χ2v) is 2.66. The molecule has 1 aromatic rings. The third kappa shape index (κ3) is 2.09. The molecule has 0 fully saturated rings. The van der Waals surface area contributed by atoms with E-state index in [9.17, 15) is 10.1 Å². The van der Waals surface area contributed by atoms with Crippen LogP contribution >= 0.6 is 11.6 Å². The Kier molecular flexibility index (Phi) is 3.08. The maximum Gasteiger partial charge on any atom is 0.291 e. The Morgan fingerprint density at radius 2 is 2.31 bits per heavy atom. The molecule has 0 bridgehead atoms. The zero-order valence-corrected chi connectivity index (χ0v) is 7.75. The molecule has 0 radical (unpaired) electrons. The molecule has 0 amide bonds. The molecule has 0 saturated carbocycles. The summed E-state index contributed by atoms with van der Waals surface area (Å²) in [4.78, 5) is 9.91. The fourth-order valence-electron chi connectivity index (χ4n) is 0.907. The van der Waals surface area contributed by atoms with Crippen LogP contribution < -0.4 is 4.74 Å². The number of ether oxygens (including phenoxy) is 1. The third-order valence-corrected chi connectivity index (χ3v) is 1.82. The van der Waals surface area contributed by atoms with Gasteiger partial charge in [-0.1, -0.05) is 17.7 Å². The number of hydrogen-bond acceptors (Lipinski definition) is 3. The van der Waals surface area contributed by atoms with Crippen molar-refractivity contribution in [2.45, 2.75) is 6.92 Å². The van der Waals surface area contributed by atoms with E-state index in [-0.39, 0.29) is 10.7 Å². The van der Waals surface area contributed by atoms with Crippen LogP contribution in [0.15, 0.2) is 18.2 Å². The predicted molar refractivity (Wildman–Crippen MR) is 49.3 cm³/mol. The maximum atomic E-state index is 10.4. The highest BCUT2D eigenvalue weighted by molar-refractivity contribution is 6.34. The molecule has 13 heavy (non-hydrogen) atoms. The smallest absolute Gasteiger partial charge is 0.291 e. The molecule has 0 aliphatic carbocycles. The van der Waals surface area contributed by atoms with E-state index < -0.39 is 4.92 Å². The Bertz CT molecular complexity index is 327. The van der Waals surface area contributed by atoms with Crippen LogP contribution in [-0.4, -0.2) is 11.5 Å². The quantitative estimate of drug-likeness (QED) is 0.558. The molecule has 70 valence electrons. The number of benzene rings is 1. The second-order valence-electron chi connectivity index (χ2n) is 2.28. The molecule has 0 aliphatic rings. The van der Waals surface area contributed by atoms with Gasteiger partial charge in [-0.25, -0.2) is 0 Å². The van der Waals surface area contributed by atoms with Crippen molar-refractivity contribution in [3.8, 4) is 5.75 Å². The van der Waals surface area contributed by atoms with E-state index in [1.807, 2.05) is 0 Å². The molecule has 0 saturated heterocycles. The van der Waals surface area contributed by atoms with E-state index in [0.29, 0.717) is 12.4 Å². The Labute approximate surface area is 80.2 Å². The van der Waals surface area contributed by atoms with Gasteiger partial charge in [0.15, 0.2) is 5.02 Å². The van der Waals surface area contributed by atoms with Crippen LogP contribution in [0.2, 0.25) is 5.02 Å². The highest BCUT2D eigenvalue weighted by Gasteiger charge is 2.15. The van der Waals surface area contributed by atoms with Crippen LogP contribution in [-0.2, 0) is 0 Å². The van der Waals surface area contributed by atoms with Crippen molar-refractivity contribution < 1.29 is 9.66 Å². The van der Waals surface area contributed by atoms with Crippen molar-refractivity contribution in [1.29, 1.82) is 0 Å². The molecule has 0 aliphatic heterocycles. The Morgan fingerprint density at radius 3 is 2.85 bits per heavy atom. The van der Waals surface area contributed by atoms with E-state index in [1.54, 1.807) is 13.0 Å². The minimum atomic E-state index is -0.537. The normalized spacial score (nSPS) is 9.69. The van der Waals surface area contributed by atoms with Crippen molar-refractivity contribution in [3.63, 3.8) is 0 Å². The SMILES string of the molecule is CCOc1cccc([N+](=O)[O-])c1Cl. The molecular weight excluding hydrogens is 194 g/mol. The number of nitrogens with zero attached hydrogens (tertiary/aromatic N) is 1. The topological polar surface area (TPSA) is 52.4 Å². The number of hydrogen-bond donors (Lipinski definition) is 0. The van der Waals surface area contributed by atoms with Gasteiger partial charge < -0.3 is 4.74 Å². The fraction of sp³-hybridized carbons (Fsp3) is 0.250. The van der Waals surface area contributed by atoms with E-state index in [2.05, 4.69) is 0 Å². The molecule has 1 rings (SSSR count). The zero-order chi connectivity index (χ0) is 9.84. The summed E-state index contributed by atoms with van der Waals surface area (Å²) in [5.41, 5.74) is -0.132. The zero-order valence-electron chi connectivity index (χ0n) is 6.99. The van der Waals surface area contributed by atoms with Gasteiger partial charge in [-0.2, -0.15) is 0 Å². The molecular formula is C8H8ClNO3. The first-order valence-electron chi connectivity index (χ1n) is 3.72. The Hall–Kier alpha value is -1.29. The number of rotatable bonds is 3. The molecule has 0 atom stereocenters. The number of nitro groups is 1. The minimum Gasteiger partial charge on any atom is -0.492 e. The van der Waals surface area contributed by atoms with Crippen LogP contribution in [0.4, 0.5) is 5.69 Å². The lowest BCUT2D eigenvalue weighted by atomic mass is 10.3. The Balaban J connectivity index is 3.10. The molecule has 0 N–H and O–H groups in total. The van der Waals surface area contributed by atoms with Gasteiger partial charge >= 0.3 is 0 Å². The van der Waals surface area contributed by atoms with E-state index in [1.165, 1.54) is 12.1 Å². The second kappa shape index (κ2) is 4.09. The molecule has 4 nitrogen and oxygen atoms in total. The van der Waals surface area contributed by atoms with Crippen molar-refractivity contribution in [2.24, 2.45) is 0 Å². The van der Waals surface area contributed by atoms with Gasteiger partial charge in [0.25, 0.3) is 5.69 Å². The lowest BCUT2D eigenvalue weighted by Crippen LogP contribution is -1.95. The molecule has 0 spiro atoms. The van der Waals surface area contributed by atoms with Gasteiger partial charge in [0.05, 0.1) is 11.5 Å². The first kappa shape index (κ1) is 9.80. The van der Waals surface area contributed by atoms with E-state index >= 15 is 0 Å². The standard InChI is InChI=1S/C8H8ClNO3/c1-2-13-7-5-3-4-6(8(7)9)10(11)12/h3-5H,2H2,1H3. The van der Waals surface area contributed by atoms with Crippen LogP contribution in [0, 0.1) is 10.1 Å². The molecule has 0 aromatic heterocycles. The fourth-order valence-corrected chi connectivity index (χ4v) is 1.16. The monoisotopic (exact) mass is 201 g/mol. The Morgan fingerprint density at radius 1 is 1.62 bits per heavy atom. The van der Waals surface area contributed by atoms with Gasteiger partial charge in [-0.3, -0.25) is 10.1 Å². The lowest BCUT2D eigenvalue weighted by molar-refractivity contribution is -0.384. The van der Waals surface area contributed by atoms with E-state index in [0.717, 1.165) is 0 Å². The summed E-state index contributed by atoms with van der Waals surface area (Å²) in [6, 6.07) is 4.47. The maximum absolute atomic E-state index is 10.4. The van der Waals surface area contributed by atoms with Crippen LogP contribution in [0.25, 0.3) is 0 Å². The first-order chi connectivity index (χ1) is 6.16. The average molecular weight is 202 g/mol. The van der Waals surface area contributed by atoms with Crippen LogP contribution in [0.5, 0.6) is 5.75 Å². The summed E-state index contributed by atoms with van der Waals surface area (Å²) in [6.07, 6.45) is 0. The summed E-state index contributed by atoms with van der Waals surface area (Å²) < 4.78 is 5.09. The van der Waals surface area contributed by atoms with Gasteiger partial charge in [0.1, 0.15) is 5.75 Å². The largest absolute Gasteiger partial charge is 0.492 e. The van der Waals surface area contributed by atoms with Gasteiger partial charge in [-0.05, 0) is 13.0 Å². The molecule has 5 heteroatoms. The molecule has 0 heterocycles. The van der Waals surface area contributed by atoms with Crippen LogP contribution in [0.1, 0.15) is 6.92 Å². The highest BCUT2D eigenvalue weighted by Crippen LogP contribution is 2.33. The summed E-state index contributed by atoms with van der Waals surface area (Å²) in [6.45, 7) is 2.22. The third-order valence-electron chi connectivity index (χ3n) is 1.44. The van der Waals surface area contributed by atoms with Gasteiger partial charge in [0, 0.05) is 6.07 Å². The lowest BCUT2D eigenvalue weighted by Gasteiger charge is -2.04. The number of nitro benzene ring substituents is 1. The summed E-state index contributed by atoms with van der Waals surface area (Å²) in [7, 11) is 0. The summed E-state index contributed by atoms with van der Waals surface area (Å²) in [5, 5.41) is 10.5. The first-order valence-corrected chi connectivity index (χ1v) is 4.10. The minimum absolute atomic E-state index is 0.0503. The van der Waals surface area contributed by atoms with Gasteiger partial charge in [0.2, 0.25) is 0 Å². The van der Waals surface area contributed by atoms with Crippen LogP contribution in [0.3, 0.4) is 0 Å². The van der Waals surface area contributed by atoms with Gasteiger partial charge in [-0.15, -0.1) is 0 Å². The number of halogens is 1. The van der Waals surface area contributed by atoms with Crippen molar-refractivity contribution in [1.82, 2.24) is 0 Å². The van der Waals surface area contributed by atoms with Crippen molar-refractivity contribution >= 4 is 17.3 Å². The molecule has 1 aromatic carbocycles. The summed E-state index contributed by atoms with van der Waals surface area (Å²) in [5.74, 6) is 0.346. The van der Waals surface area contributed by atoms with Crippen molar-refractivity contribution in [2.75, 3.05) is 6.61 Å². The molecule has 0 unspecified atom stereocenters. The average Bonchev–Trinajstić information content (AvgIpc) is 2.08. The predicted octanol–water partition coefficient (Wildman–Crippen LogP) is 2.65. The highest BCUT2D eigenvalue weighted by atomic mass is 35.5. The summed E-state index contributed by atoms with van der Waals surface area (Å²) >= 11 is 5.72.